The van der Waals surface area contributed by atoms with Gasteiger partial charge in [0, 0.05) is 12.0 Å². The third-order valence-corrected chi connectivity index (χ3v) is 5.01. The van der Waals surface area contributed by atoms with Gasteiger partial charge in [-0.2, -0.15) is 0 Å². The number of nitrogens with zero attached hydrogens (tertiary/aromatic N) is 1. The quantitative estimate of drug-likeness (QED) is 0.167. The molecule has 0 spiro atoms. The van der Waals surface area contributed by atoms with Crippen molar-refractivity contribution in [2.75, 3.05) is 26.9 Å². The van der Waals surface area contributed by atoms with Crippen LogP contribution in [0.4, 0.5) is 0 Å². The summed E-state index contributed by atoms with van der Waals surface area (Å²) in [6.45, 7) is 9.66. The van der Waals surface area contributed by atoms with Crippen molar-refractivity contribution in [2.45, 2.75) is 34.1 Å². The third kappa shape index (κ3) is 7.10. The standard InChI is InChI=1S/C24H30BrNO4/c1-6-7-11-28-21-14-17(2)24(18(3)15-21)30-13-8-12-29-23-10-9-20(16-22(23)25)19(4)26-27-5/h6-7,9-10,14-16H,8,11-13H2,1-5H3/b7-6+,26-19?. The SMILES string of the molecule is C/C=C/COc1cc(C)c(OCCCOc2ccc(C(C)=NOC)cc2Br)c(C)c1. The summed E-state index contributed by atoms with van der Waals surface area (Å²) in [6.07, 6.45) is 4.73. The molecule has 2 rings (SSSR count). The molecule has 0 aliphatic carbocycles. The van der Waals surface area contributed by atoms with Gasteiger partial charge in [0.1, 0.15) is 31.0 Å². The topological polar surface area (TPSA) is 49.3 Å². The molecule has 2 aromatic rings. The second kappa shape index (κ2) is 12.3. The number of oxime groups is 1. The molecule has 0 aliphatic heterocycles. The second-order valence-electron chi connectivity index (χ2n) is 6.82. The van der Waals surface area contributed by atoms with Crippen LogP contribution >= 0.6 is 15.9 Å². The Kier molecular flexibility index (Phi) is 9.74. The summed E-state index contributed by atoms with van der Waals surface area (Å²) in [5, 5.41) is 3.95. The average molecular weight is 476 g/mol. The third-order valence-electron chi connectivity index (χ3n) is 4.39. The van der Waals surface area contributed by atoms with E-state index in [0.29, 0.717) is 19.8 Å². The Bertz CT molecular complexity index is 870. The van der Waals surface area contributed by atoms with E-state index in [0.717, 1.165) is 50.5 Å². The van der Waals surface area contributed by atoms with Crippen LogP contribution in [0.5, 0.6) is 17.2 Å². The Morgan fingerprint density at radius 3 is 2.37 bits per heavy atom. The first-order chi connectivity index (χ1) is 14.5. The van der Waals surface area contributed by atoms with Crippen LogP contribution < -0.4 is 14.2 Å². The van der Waals surface area contributed by atoms with Gasteiger partial charge in [0.15, 0.2) is 0 Å². The predicted molar refractivity (Wildman–Crippen MR) is 125 cm³/mol. The van der Waals surface area contributed by atoms with E-state index in [-0.39, 0.29) is 0 Å². The van der Waals surface area contributed by atoms with Crippen molar-refractivity contribution in [2.24, 2.45) is 5.16 Å². The van der Waals surface area contributed by atoms with Gasteiger partial charge >= 0.3 is 0 Å². The highest BCUT2D eigenvalue weighted by atomic mass is 79.9. The molecule has 0 aromatic heterocycles. The fourth-order valence-electron chi connectivity index (χ4n) is 2.91. The molecule has 0 heterocycles. The number of hydrogen-bond acceptors (Lipinski definition) is 5. The number of hydrogen-bond donors (Lipinski definition) is 0. The number of aryl methyl sites for hydroxylation is 2. The average Bonchev–Trinajstić information content (AvgIpc) is 2.71. The Hall–Kier alpha value is -2.47. The maximum Gasteiger partial charge on any atom is 0.133 e. The largest absolute Gasteiger partial charge is 0.493 e. The normalized spacial score (nSPS) is 11.6. The van der Waals surface area contributed by atoms with Crippen LogP contribution in [0.2, 0.25) is 0 Å². The molecule has 0 atom stereocenters. The summed E-state index contributed by atoms with van der Waals surface area (Å²) in [4.78, 5) is 4.82. The smallest absolute Gasteiger partial charge is 0.133 e. The summed E-state index contributed by atoms with van der Waals surface area (Å²) >= 11 is 3.55. The van der Waals surface area contributed by atoms with Crippen molar-refractivity contribution >= 4 is 21.6 Å². The highest BCUT2D eigenvalue weighted by Crippen LogP contribution is 2.29. The molecule has 0 amide bonds. The van der Waals surface area contributed by atoms with E-state index in [1.807, 2.05) is 70.2 Å². The van der Waals surface area contributed by atoms with Crippen molar-refractivity contribution in [3.8, 4) is 17.2 Å². The van der Waals surface area contributed by atoms with Crippen LogP contribution in [0.3, 0.4) is 0 Å². The Morgan fingerprint density at radius 2 is 1.73 bits per heavy atom. The first-order valence-corrected chi connectivity index (χ1v) is 10.7. The lowest BCUT2D eigenvalue weighted by molar-refractivity contribution is 0.213. The van der Waals surface area contributed by atoms with E-state index in [1.54, 1.807) is 0 Å². The van der Waals surface area contributed by atoms with Crippen molar-refractivity contribution in [3.05, 3.63) is 63.6 Å². The van der Waals surface area contributed by atoms with Crippen LogP contribution in [0.1, 0.15) is 37.0 Å². The minimum absolute atomic E-state index is 0.561. The fraction of sp³-hybridized carbons (Fsp3) is 0.375. The molecule has 0 radical (unpaired) electrons. The van der Waals surface area contributed by atoms with Gasteiger partial charge in [0.25, 0.3) is 0 Å². The maximum atomic E-state index is 6.00. The molecule has 5 nitrogen and oxygen atoms in total. The first-order valence-electron chi connectivity index (χ1n) is 9.94. The van der Waals surface area contributed by atoms with E-state index < -0.39 is 0 Å². The van der Waals surface area contributed by atoms with Gasteiger partial charge in [-0.05, 0) is 85.1 Å². The van der Waals surface area contributed by atoms with E-state index in [9.17, 15) is 0 Å². The first kappa shape index (κ1) is 23.8. The van der Waals surface area contributed by atoms with Gasteiger partial charge in [-0.15, -0.1) is 0 Å². The van der Waals surface area contributed by atoms with Gasteiger partial charge in [-0.25, -0.2) is 0 Å². The summed E-state index contributed by atoms with van der Waals surface area (Å²) in [7, 11) is 1.54. The van der Waals surface area contributed by atoms with Crippen LogP contribution in [0.15, 0.2) is 52.1 Å². The summed E-state index contributed by atoms with van der Waals surface area (Å²) < 4.78 is 18.5. The minimum Gasteiger partial charge on any atom is -0.493 e. The Labute approximate surface area is 187 Å². The van der Waals surface area contributed by atoms with Crippen molar-refractivity contribution in [1.29, 1.82) is 0 Å². The van der Waals surface area contributed by atoms with Crippen LogP contribution in [-0.2, 0) is 4.84 Å². The molecule has 6 heteroatoms. The van der Waals surface area contributed by atoms with Gasteiger partial charge < -0.3 is 19.0 Å². The molecule has 0 fully saturated rings. The number of rotatable bonds is 11. The molecule has 0 saturated heterocycles. The number of benzene rings is 2. The van der Waals surface area contributed by atoms with Gasteiger partial charge in [0.05, 0.1) is 23.4 Å². The van der Waals surface area contributed by atoms with Crippen LogP contribution in [-0.4, -0.2) is 32.6 Å². The lowest BCUT2D eigenvalue weighted by Gasteiger charge is -2.15. The van der Waals surface area contributed by atoms with Gasteiger partial charge in [-0.3, -0.25) is 0 Å². The van der Waals surface area contributed by atoms with Crippen molar-refractivity contribution in [3.63, 3.8) is 0 Å². The maximum absolute atomic E-state index is 6.00. The zero-order valence-corrected chi connectivity index (χ0v) is 19.9. The minimum atomic E-state index is 0.561. The molecule has 30 heavy (non-hydrogen) atoms. The lowest BCUT2D eigenvalue weighted by Crippen LogP contribution is -2.07. The van der Waals surface area contributed by atoms with Crippen molar-refractivity contribution in [1.82, 2.24) is 0 Å². The monoisotopic (exact) mass is 475 g/mol. The zero-order valence-electron chi connectivity index (χ0n) is 18.3. The summed E-state index contributed by atoms with van der Waals surface area (Å²) in [5.41, 5.74) is 3.92. The molecule has 0 unspecified atom stereocenters. The number of allylic oxidation sites excluding steroid dienone is 1. The second-order valence-corrected chi connectivity index (χ2v) is 7.68. The molecule has 0 saturated carbocycles. The van der Waals surface area contributed by atoms with E-state index in [1.165, 1.54) is 7.11 Å². The molecular formula is C24H30BrNO4. The molecule has 0 N–H and O–H groups in total. The molecule has 2 aromatic carbocycles. The fourth-order valence-corrected chi connectivity index (χ4v) is 3.40. The van der Waals surface area contributed by atoms with Crippen LogP contribution in [0, 0.1) is 13.8 Å². The van der Waals surface area contributed by atoms with Crippen LogP contribution in [0.25, 0.3) is 0 Å². The summed E-state index contributed by atoms with van der Waals surface area (Å²) in [6, 6.07) is 9.87. The van der Waals surface area contributed by atoms with E-state index in [4.69, 9.17) is 19.0 Å². The Morgan fingerprint density at radius 1 is 1.03 bits per heavy atom. The zero-order chi connectivity index (χ0) is 21.9. The van der Waals surface area contributed by atoms with E-state index >= 15 is 0 Å². The lowest BCUT2D eigenvalue weighted by atomic mass is 10.1. The molecule has 0 aliphatic rings. The summed E-state index contributed by atoms with van der Waals surface area (Å²) in [5.74, 6) is 2.56. The van der Waals surface area contributed by atoms with Gasteiger partial charge in [-0.1, -0.05) is 17.3 Å². The molecule has 0 bridgehead atoms. The van der Waals surface area contributed by atoms with E-state index in [2.05, 4.69) is 21.1 Å². The highest BCUT2D eigenvalue weighted by molar-refractivity contribution is 9.10. The van der Waals surface area contributed by atoms with Crippen molar-refractivity contribution < 1.29 is 19.0 Å². The highest BCUT2D eigenvalue weighted by Gasteiger charge is 2.08. The number of halogens is 1. The molecular weight excluding hydrogens is 446 g/mol. The number of ether oxygens (including phenoxy) is 3. The predicted octanol–water partition coefficient (Wildman–Crippen LogP) is 6.24. The Balaban J connectivity index is 1.83. The van der Waals surface area contributed by atoms with Gasteiger partial charge in [0.2, 0.25) is 0 Å². The molecule has 162 valence electrons.